The van der Waals surface area contributed by atoms with Gasteiger partial charge in [0.25, 0.3) is 0 Å². The predicted molar refractivity (Wildman–Crippen MR) is 47.6 cm³/mol. The minimum absolute atomic E-state index is 0.0558. The Morgan fingerprint density at radius 3 is 3.00 bits per heavy atom. The standard InChI is InChI=1S/C10H16O2/c1-3-9(4-2)12-10-7-5-6-8-11-10/h1,9-10H,4-8H2,2H3. The Labute approximate surface area is 74.2 Å². The molecule has 1 fully saturated rings. The molecule has 1 saturated heterocycles. The van der Waals surface area contributed by atoms with Crippen molar-refractivity contribution in [1.82, 2.24) is 0 Å². The van der Waals surface area contributed by atoms with E-state index in [1.54, 1.807) is 0 Å². The third-order valence-electron chi connectivity index (χ3n) is 2.01. The van der Waals surface area contributed by atoms with E-state index in [1.165, 1.54) is 6.42 Å². The van der Waals surface area contributed by atoms with E-state index < -0.39 is 0 Å². The van der Waals surface area contributed by atoms with E-state index in [1.807, 2.05) is 6.92 Å². The molecule has 0 amide bonds. The Hall–Kier alpha value is -0.520. The Balaban J connectivity index is 2.24. The Kier molecular flexibility index (Phi) is 4.13. The molecule has 1 aliphatic rings. The van der Waals surface area contributed by atoms with Crippen molar-refractivity contribution in [2.45, 2.75) is 45.0 Å². The molecule has 0 aliphatic carbocycles. The van der Waals surface area contributed by atoms with Crippen LogP contribution in [-0.4, -0.2) is 19.0 Å². The van der Waals surface area contributed by atoms with Crippen LogP contribution in [0, 0.1) is 12.3 Å². The first-order valence-electron chi connectivity index (χ1n) is 4.60. The van der Waals surface area contributed by atoms with Crippen molar-refractivity contribution < 1.29 is 9.47 Å². The lowest BCUT2D eigenvalue weighted by molar-refractivity contribution is -0.176. The molecule has 0 aromatic rings. The van der Waals surface area contributed by atoms with Crippen molar-refractivity contribution in [2.24, 2.45) is 0 Å². The highest BCUT2D eigenvalue weighted by atomic mass is 16.7. The summed E-state index contributed by atoms with van der Waals surface area (Å²) >= 11 is 0. The Bertz CT molecular complexity index is 154. The van der Waals surface area contributed by atoms with Crippen molar-refractivity contribution in [3.05, 3.63) is 0 Å². The van der Waals surface area contributed by atoms with Gasteiger partial charge < -0.3 is 9.47 Å². The van der Waals surface area contributed by atoms with Crippen LogP contribution in [0.25, 0.3) is 0 Å². The maximum Gasteiger partial charge on any atom is 0.159 e. The SMILES string of the molecule is C#CC(CC)OC1CCCCO1. The van der Waals surface area contributed by atoms with Crippen molar-refractivity contribution in [3.8, 4) is 12.3 Å². The summed E-state index contributed by atoms with van der Waals surface area (Å²) in [5, 5.41) is 0. The van der Waals surface area contributed by atoms with Crippen LogP contribution in [0.1, 0.15) is 32.6 Å². The van der Waals surface area contributed by atoms with Crippen LogP contribution in [0.5, 0.6) is 0 Å². The highest BCUT2D eigenvalue weighted by molar-refractivity contribution is 4.93. The molecule has 1 aliphatic heterocycles. The fourth-order valence-corrected chi connectivity index (χ4v) is 1.26. The van der Waals surface area contributed by atoms with Gasteiger partial charge >= 0.3 is 0 Å². The summed E-state index contributed by atoms with van der Waals surface area (Å²) in [7, 11) is 0. The zero-order valence-electron chi connectivity index (χ0n) is 7.58. The van der Waals surface area contributed by atoms with E-state index in [0.29, 0.717) is 0 Å². The summed E-state index contributed by atoms with van der Waals surface area (Å²) in [6.45, 7) is 2.83. The van der Waals surface area contributed by atoms with Gasteiger partial charge in [-0.1, -0.05) is 12.8 Å². The fourth-order valence-electron chi connectivity index (χ4n) is 1.26. The van der Waals surface area contributed by atoms with Crippen LogP contribution in [0.15, 0.2) is 0 Å². The first-order valence-corrected chi connectivity index (χ1v) is 4.60. The van der Waals surface area contributed by atoms with Crippen LogP contribution in [0.4, 0.5) is 0 Å². The number of ether oxygens (including phenoxy) is 2. The largest absolute Gasteiger partial charge is 0.353 e. The first-order chi connectivity index (χ1) is 5.86. The minimum Gasteiger partial charge on any atom is -0.353 e. The van der Waals surface area contributed by atoms with E-state index in [9.17, 15) is 0 Å². The number of rotatable bonds is 3. The average Bonchev–Trinajstić information content (AvgIpc) is 2.16. The van der Waals surface area contributed by atoms with Crippen molar-refractivity contribution in [2.75, 3.05) is 6.61 Å². The molecule has 2 unspecified atom stereocenters. The lowest BCUT2D eigenvalue weighted by atomic mass is 10.2. The molecular weight excluding hydrogens is 152 g/mol. The van der Waals surface area contributed by atoms with Gasteiger partial charge in [0.1, 0.15) is 6.10 Å². The maximum atomic E-state index is 5.53. The molecule has 1 heterocycles. The van der Waals surface area contributed by atoms with E-state index in [2.05, 4.69) is 5.92 Å². The summed E-state index contributed by atoms with van der Waals surface area (Å²) in [5.41, 5.74) is 0. The summed E-state index contributed by atoms with van der Waals surface area (Å²) in [6, 6.07) is 0. The minimum atomic E-state index is -0.0758. The molecular formula is C10H16O2. The fraction of sp³-hybridized carbons (Fsp3) is 0.800. The molecule has 1 rings (SSSR count). The topological polar surface area (TPSA) is 18.5 Å². The van der Waals surface area contributed by atoms with E-state index in [-0.39, 0.29) is 12.4 Å². The Morgan fingerprint density at radius 1 is 1.67 bits per heavy atom. The predicted octanol–water partition coefficient (Wildman–Crippen LogP) is 1.94. The van der Waals surface area contributed by atoms with Gasteiger partial charge in [0.15, 0.2) is 6.29 Å². The zero-order valence-corrected chi connectivity index (χ0v) is 7.58. The van der Waals surface area contributed by atoms with Crippen molar-refractivity contribution in [3.63, 3.8) is 0 Å². The van der Waals surface area contributed by atoms with Crippen LogP contribution in [0.2, 0.25) is 0 Å². The summed E-state index contributed by atoms with van der Waals surface area (Å²) in [4.78, 5) is 0. The van der Waals surface area contributed by atoms with Crippen LogP contribution >= 0.6 is 0 Å². The molecule has 68 valence electrons. The molecule has 0 radical (unpaired) electrons. The second-order valence-corrected chi connectivity index (χ2v) is 3.00. The lowest BCUT2D eigenvalue weighted by Gasteiger charge is -2.24. The Morgan fingerprint density at radius 2 is 2.50 bits per heavy atom. The highest BCUT2D eigenvalue weighted by Crippen LogP contribution is 2.15. The summed E-state index contributed by atoms with van der Waals surface area (Å²) in [5.74, 6) is 2.60. The third kappa shape index (κ3) is 2.84. The van der Waals surface area contributed by atoms with Gasteiger partial charge in [0.2, 0.25) is 0 Å². The maximum absolute atomic E-state index is 5.53. The average molecular weight is 168 g/mol. The van der Waals surface area contributed by atoms with Gasteiger partial charge in [-0.15, -0.1) is 6.42 Å². The second kappa shape index (κ2) is 5.18. The van der Waals surface area contributed by atoms with Crippen molar-refractivity contribution >= 4 is 0 Å². The van der Waals surface area contributed by atoms with Gasteiger partial charge in [-0.3, -0.25) is 0 Å². The molecule has 2 atom stereocenters. The molecule has 2 nitrogen and oxygen atoms in total. The van der Waals surface area contributed by atoms with Crippen LogP contribution in [-0.2, 0) is 9.47 Å². The lowest BCUT2D eigenvalue weighted by Crippen LogP contribution is -2.26. The van der Waals surface area contributed by atoms with Gasteiger partial charge in [-0.25, -0.2) is 0 Å². The van der Waals surface area contributed by atoms with Gasteiger partial charge in [-0.05, 0) is 25.7 Å². The van der Waals surface area contributed by atoms with E-state index >= 15 is 0 Å². The van der Waals surface area contributed by atoms with Gasteiger partial charge in [0.05, 0.1) is 0 Å². The zero-order chi connectivity index (χ0) is 8.81. The van der Waals surface area contributed by atoms with E-state index in [0.717, 1.165) is 25.9 Å². The summed E-state index contributed by atoms with van der Waals surface area (Å²) in [6.07, 6.45) is 9.31. The van der Waals surface area contributed by atoms with Gasteiger partial charge in [0, 0.05) is 6.61 Å². The molecule has 0 aromatic heterocycles. The first kappa shape index (κ1) is 9.57. The molecule has 12 heavy (non-hydrogen) atoms. The van der Waals surface area contributed by atoms with E-state index in [4.69, 9.17) is 15.9 Å². The van der Waals surface area contributed by atoms with Gasteiger partial charge in [-0.2, -0.15) is 0 Å². The monoisotopic (exact) mass is 168 g/mol. The van der Waals surface area contributed by atoms with Crippen molar-refractivity contribution in [1.29, 1.82) is 0 Å². The number of hydrogen-bond acceptors (Lipinski definition) is 2. The second-order valence-electron chi connectivity index (χ2n) is 3.00. The third-order valence-corrected chi connectivity index (χ3v) is 2.01. The summed E-state index contributed by atoms with van der Waals surface area (Å²) < 4.78 is 10.9. The van der Waals surface area contributed by atoms with Crippen LogP contribution < -0.4 is 0 Å². The quantitative estimate of drug-likeness (QED) is 0.599. The molecule has 0 spiro atoms. The smallest absolute Gasteiger partial charge is 0.159 e. The molecule has 0 N–H and O–H groups in total. The number of hydrogen-bond donors (Lipinski definition) is 0. The molecule has 2 heteroatoms. The molecule has 0 bridgehead atoms. The molecule has 0 saturated carbocycles. The highest BCUT2D eigenvalue weighted by Gasteiger charge is 2.16. The number of terminal acetylenes is 1. The molecule has 0 aromatic carbocycles. The van der Waals surface area contributed by atoms with Crippen LogP contribution in [0.3, 0.4) is 0 Å². The normalized spacial score (nSPS) is 26.2.